The summed E-state index contributed by atoms with van der Waals surface area (Å²) >= 11 is 0. The number of hydrogen-bond acceptors (Lipinski definition) is 4. The Morgan fingerprint density at radius 3 is 2.39 bits per heavy atom. The molecular formula is C17H14ClNO4. The average Bonchev–Trinajstić information content (AvgIpc) is 2.96. The van der Waals surface area contributed by atoms with Gasteiger partial charge in [0.15, 0.2) is 0 Å². The highest BCUT2D eigenvalue weighted by Gasteiger charge is 2.10. The van der Waals surface area contributed by atoms with Gasteiger partial charge < -0.3 is 4.40 Å². The maximum Gasteiger partial charge on any atom is 0.0777 e. The zero-order valence-electron chi connectivity index (χ0n) is 12.3. The number of nitrogens with zero attached hydrogens (tertiary/aromatic N) is 1. The zero-order chi connectivity index (χ0) is 16.6. The van der Waals surface area contributed by atoms with E-state index in [0.29, 0.717) is 0 Å². The lowest BCUT2D eigenvalue weighted by Gasteiger charge is -2.13. The second-order valence-electron chi connectivity index (χ2n) is 5.21. The third kappa shape index (κ3) is 3.29. The van der Waals surface area contributed by atoms with Crippen LogP contribution < -0.4 is 14.0 Å². The maximum absolute atomic E-state index is 8.60. The number of pyridine rings is 2. The van der Waals surface area contributed by atoms with Crippen molar-refractivity contribution in [3.63, 3.8) is 0 Å². The topological polar surface area (TPSA) is 93.8 Å². The molecule has 1 aliphatic heterocycles. The summed E-state index contributed by atoms with van der Waals surface area (Å²) in [4.78, 5) is 0. The minimum absolute atomic E-state index is 1.28. The molecule has 23 heavy (non-hydrogen) atoms. The Labute approximate surface area is 134 Å². The Balaban J connectivity index is 0.000000276. The van der Waals surface area contributed by atoms with Gasteiger partial charge in [0.25, 0.3) is 0 Å². The number of aromatic nitrogens is 1. The van der Waals surface area contributed by atoms with Gasteiger partial charge in [-0.05, 0) is 36.1 Å². The van der Waals surface area contributed by atoms with Crippen molar-refractivity contribution in [1.82, 2.24) is 4.40 Å². The molecule has 0 radical (unpaired) electrons. The van der Waals surface area contributed by atoms with Crippen LogP contribution in [0.25, 0.3) is 27.5 Å². The maximum atomic E-state index is 8.60. The van der Waals surface area contributed by atoms with E-state index in [2.05, 4.69) is 72.1 Å². The molecule has 0 atom stereocenters. The van der Waals surface area contributed by atoms with Crippen LogP contribution in [0.15, 0.2) is 60.8 Å². The van der Waals surface area contributed by atoms with E-state index < -0.39 is 10.2 Å². The average molecular weight is 332 g/mol. The first-order valence-corrected chi connectivity index (χ1v) is 8.12. The smallest absolute Gasteiger partial charge is 0.0777 e. The number of fused-ring (bicyclic) bond motifs is 5. The normalized spacial score (nSPS) is 11.7. The Morgan fingerprint density at radius 2 is 1.65 bits per heavy atom. The number of halogens is 1. The second-order valence-corrected chi connectivity index (χ2v) is 6.00. The third-order valence-corrected chi connectivity index (χ3v) is 3.73. The number of aryl methyl sites for hydroxylation is 1. The largest absolute Gasteiger partial charge is 0.316 e. The van der Waals surface area contributed by atoms with Crippen molar-refractivity contribution in [1.29, 1.82) is 0 Å². The van der Waals surface area contributed by atoms with Crippen LogP contribution in [0.3, 0.4) is 0 Å². The highest BCUT2D eigenvalue weighted by atomic mass is 35.7. The molecule has 2 aromatic rings. The van der Waals surface area contributed by atoms with Gasteiger partial charge in [0.2, 0.25) is 0 Å². The molecule has 1 aromatic heterocycles. The summed E-state index contributed by atoms with van der Waals surface area (Å²) in [7, 11) is -4.69. The quantitative estimate of drug-likeness (QED) is 0.471. The van der Waals surface area contributed by atoms with E-state index in [1.165, 1.54) is 33.1 Å². The summed E-state index contributed by atoms with van der Waals surface area (Å²) < 4.78 is 35.0. The monoisotopic (exact) mass is 331 g/mol. The van der Waals surface area contributed by atoms with Crippen LogP contribution >= 0.6 is 0 Å². The standard InChI is InChI=1S/C17H13N.ClHO4/c1-12-11-17-15-6-3-2-5-13(15)9-10-18(17)16-8-4-7-14(12)16;2-1(3,4)5/h2-11H,1H3;(H,2,3,4,5). The van der Waals surface area contributed by atoms with Crippen LogP contribution in [-0.4, -0.2) is 9.06 Å². The molecule has 0 amide bonds. The molecule has 0 unspecified atom stereocenters. The van der Waals surface area contributed by atoms with Crippen LogP contribution in [0.5, 0.6) is 0 Å². The Morgan fingerprint density at radius 1 is 0.957 bits per heavy atom. The fourth-order valence-electron chi connectivity index (χ4n) is 2.83. The predicted molar refractivity (Wildman–Crippen MR) is 78.5 cm³/mol. The lowest BCUT2D eigenvalue weighted by molar-refractivity contribution is -1.92. The summed E-state index contributed by atoms with van der Waals surface area (Å²) in [6.45, 7) is 2.18. The summed E-state index contributed by atoms with van der Waals surface area (Å²) in [6, 6.07) is 19.5. The van der Waals surface area contributed by atoms with Gasteiger partial charge in [-0.2, -0.15) is 14.0 Å². The first kappa shape index (κ1) is 15.7. The molecule has 1 aliphatic carbocycles. The van der Waals surface area contributed by atoms with E-state index in [0.717, 1.165) is 0 Å². The van der Waals surface area contributed by atoms with Gasteiger partial charge >= 0.3 is 0 Å². The molecule has 2 aliphatic rings. The molecule has 0 bridgehead atoms. The van der Waals surface area contributed by atoms with Gasteiger partial charge in [-0.25, -0.2) is 0 Å². The van der Waals surface area contributed by atoms with Gasteiger partial charge in [0.05, 0.1) is 26.1 Å². The van der Waals surface area contributed by atoms with Crippen LogP contribution in [0.4, 0.5) is 0 Å². The van der Waals surface area contributed by atoms with Crippen molar-refractivity contribution in [3.05, 3.63) is 66.4 Å². The highest BCUT2D eigenvalue weighted by Crippen LogP contribution is 2.31. The lowest BCUT2D eigenvalue weighted by Crippen LogP contribution is -2.58. The fraction of sp³-hybridized carbons (Fsp3) is 0.0588. The summed E-state index contributed by atoms with van der Waals surface area (Å²) in [5.41, 5.74) is 5.24. The Kier molecular flexibility index (Phi) is 3.97. The minimum atomic E-state index is -4.69. The van der Waals surface area contributed by atoms with Gasteiger partial charge in [0, 0.05) is 17.1 Å². The molecular weight excluding hydrogens is 318 g/mol. The summed E-state index contributed by atoms with van der Waals surface area (Å²) in [6.07, 6.45) is 2.17. The van der Waals surface area contributed by atoms with Crippen LogP contribution in [0.2, 0.25) is 0 Å². The number of benzene rings is 1. The van der Waals surface area contributed by atoms with E-state index in [1.54, 1.807) is 0 Å². The molecule has 1 aromatic carbocycles. The Hall–Kier alpha value is -2.15. The molecule has 0 fully saturated rings. The molecule has 118 valence electrons. The molecule has 0 saturated carbocycles. The van der Waals surface area contributed by atoms with E-state index >= 15 is 0 Å². The van der Waals surface area contributed by atoms with Crippen molar-refractivity contribution >= 4 is 16.3 Å². The number of hydrogen-bond donors (Lipinski definition) is 1. The predicted octanol–water partition coefficient (Wildman–Crippen LogP) is 0.382. The highest BCUT2D eigenvalue weighted by molar-refractivity contribution is 5.97. The molecule has 2 heterocycles. The van der Waals surface area contributed by atoms with E-state index in [-0.39, 0.29) is 0 Å². The summed E-state index contributed by atoms with van der Waals surface area (Å²) in [5.74, 6) is 0. The summed E-state index contributed by atoms with van der Waals surface area (Å²) in [5, 5.41) is 2.61. The molecule has 6 heteroatoms. The van der Waals surface area contributed by atoms with Gasteiger partial charge in [-0.15, -0.1) is 0 Å². The fourth-order valence-corrected chi connectivity index (χ4v) is 2.83. The Bertz CT molecular complexity index is 936. The van der Waals surface area contributed by atoms with Crippen molar-refractivity contribution in [3.8, 4) is 11.3 Å². The van der Waals surface area contributed by atoms with Crippen molar-refractivity contribution < 1.29 is 28.9 Å². The molecule has 5 nitrogen and oxygen atoms in total. The lowest BCUT2D eigenvalue weighted by atomic mass is 10.0. The first-order valence-electron chi connectivity index (χ1n) is 6.86. The van der Waals surface area contributed by atoms with Crippen molar-refractivity contribution in [2.75, 3.05) is 0 Å². The van der Waals surface area contributed by atoms with Crippen LogP contribution in [0.1, 0.15) is 5.56 Å². The third-order valence-electron chi connectivity index (χ3n) is 3.73. The van der Waals surface area contributed by atoms with Crippen LogP contribution in [-0.2, 0) is 0 Å². The van der Waals surface area contributed by atoms with E-state index in [4.69, 9.17) is 18.6 Å². The minimum Gasteiger partial charge on any atom is -0.316 e. The molecule has 0 saturated heterocycles. The van der Waals surface area contributed by atoms with Crippen molar-refractivity contribution in [2.24, 2.45) is 0 Å². The van der Waals surface area contributed by atoms with Crippen molar-refractivity contribution in [2.45, 2.75) is 6.92 Å². The molecule has 4 rings (SSSR count). The second kappa shape index (κ2) is 5.81. The number of rotatable bonds is 0. The SMILES string of the molecule is Cc1cc2c3ccccc3ccn2c2cccc1-2.[O-][Cl+3]([O-])([O-])O. The molecule has 0 spiro atoms. The van der Waals surface area contributed by atoms with Crippen LogP contribution in [0, 0.1) is 17.2 Å². The van der Waals surface area contributed by atoms with E-state index in [9.17, 15) is 0 Å². The van der Waals surface area contributed by atoms with E-state index in [1.807, 2.05) is 0 Å². The molecule has 1 N–H and O–H groups in total. The van der Waals surface area contributed by atoms with Gasteiger partial charge in [0.1, 0.15) is 0 Å². The zero-order valence-corrected chi connectivity index (χ0v) is 13.0. The van der Waals surface area contributed by atoms with Gasteiger partial charge in [-0.3, -0.25) is 0 Å². The first-order chi connectivity index (χ1) is 10.8. The van der Waals surface area contributed by atoms with Gasteiger partial charge in [-0.1, -0.05) is 36.4 Å².